The van der Waals surface area contributed by atoms with Crippen LogP contribution in [0.15, 0.2) is 5.16 Å². The zero-order valence-corrected chi connectivity index (χ0v) is 14.4. The van der Waals surface area contributed by atoms with Crippen LogP contribution in [-0.4, -0.2) is 24.5 Å². The Morgan fingerprint density at radius 2 is 2.00 bits per heavy atom. The topological polar surface area (TPSA) is 74.6 Å². The number of aryl methyl sites for hydroxylation is 2. The highest BCUT2D eigenvalue weighted by Gasteiger charge is 2.17. The zero-order valence-electron chi connectivity index (χ0n) is 12.8. The highest BCUT2D eigenvalue weighted by molar-refractivity contribution is 7.98. The molecule has 0 spiro atoms. The molecule has 6 nitrogen and oxygen atoms in total. The van der Waals surface area contributed by atoms with Crippen LogP contribution < -0.4 is 5.73 Å². The van der Waals surface area contributed by atoms with Crippen molar-refractivity contribution in [3.05, 3.63) is 16.4 Å². The zero-order chi connectivity index (χ0) is 15.6. The number of nitrogens with zero attached hydrogens (tertiary/aromatic N) is 5. The van der Waals surface area contributed by atoms with Gasteiger partial charge in [-0.25, -0.2) is 0 Å². The number of rotatable bonds is 6. The summed E-state index contributed by atoms with van der Waals surface area (Å²) in [6.45, 7) is 9.03. The van der Waals surface area contributed by atoms with E-state index >= 15 is 0 Å². The first-order chi connectivity index (χ1) is 9.99. The summed E-state index contributed by atoms with van der Waals surface area (Å²) in [6.07, 6.45) is 0.832. The quantitative estimate of drug-likeness (QED) is 0.824. The van der Waals surface area contributed by atoms with Crippen LogP contribution in [0.4, 0.5) is 5.95 Å². The Kier molecular flexibility index (Phi) is 5.16. The van der Waals surface area contributed by atoms with Crippen molar-refractivity contribution in [2.45, 2.75) is 57.6 Å². The van der Waals surface area contributed by atoms with E-state index in [0.717, 1.165) is 34.5 Å². The molecule has 2 N–H and O–H groups in total. The van der Waals surface area contributed by atoms with Gasteiger partial charge in [0, 0.05) is 18.3 Å². The largest absolute Gasteiger partial charge is 0.368 e. The van der Waals surface area contributed by atoms with E-state index in [1.807, 2.05) is 9.25 Å². The van der Waals surface area contributed by atoms with Gasteiger partial charge in [-0.3, -0.25) is 9.25 Å². The van der Waals surface area contributed by atoms with Gasteiger partial charge in [0.05, 0.1) is 16.4 Å². The second-order valence-electron chi connectivity index (χ2n) is 4.97. The van der Waals surface area contributed by atoms with Crippen molar-refractivity contribution in [1.82, 2.24) is 24.5 Å². The summed E-state index contributed by atoms with van der Waals surface area (Å²) in [5.74, 6) is 1.14. The highest BCUT2D eigenvalue weighted by Crippen LogP contribution is 2.30. The summed E-state index contributed by atoms with van der Waals surface area (Å²) in [4.78, 5) is 0. The van der Waals surface area contributed by atoms with Crippen molar-refractivity contribution in [2.75, 3.05) is 5.73 Å². The van der Waals surface area contributed by atoms with Crippen LogP contribution in [0.1, 0.15) is 45.1 Å². The molecule has 0 unspecified atom stereocenters. The minimum Gasteiger partial charge on any atom is -0.368 e. The van der Waals surface area contributed by atoms with Crippen molar-refractivity contribution in [2.24, 2.45) is 0 Å². The average Bonchev–Trinajstić information content (AvgIpc) is 2.96. The molecule has 0 aromatic carbocycles. The lowest BCUT2D eigenvalue weighted by molar-refractivity contribution is 0.556. The van der Waals surface area contributed by atoms with Gasteiger partial charge in [-0.1, -0.05) is 30.3 Å². The van der Waals surface area contributed by atoms with Gasteiger partial charge in [0.2, 0.25) is 5.95 Å². The Balaban J connectivity index is 2.23. The molecular weight excluding hydrogens is 308 g/mol. The van der Waals surface area contributed by atoms with Gasteiger partial charge in [-0.15, -0.1) is 10.2 Å². The van der Waals surface area contributed by atoms with Gasteiger partial charge in [0.1, 0.15) is 0 Å². The summed E-state index contributed by atoms with van der Waals surface area (Å²) in [7, 11) is 0. The SMILES string of the molecule is CCc1nn(CC)c(CSc2nnc(N)n2C(C)C)c1Cl. The van der Waals surface area contributed by atoms with Crippen LogP contribution in [0.25, 0.3) is 0 Å². The number of thioether (sulfide) groups is 1. The molecule has 21 heavy (non-hydrogen) atoms. The van der Waals surface area contributed by atoms with Crippen LogP contribution in [0.3, 0.4) is 0 Å². The van der Waals surface area contributed by atoms with Gasteiger partial charge in [0.25, 0.3) is 0 Å². The third-order valence-corrected chi connectivity index (χ3v) is 4.63. The fourth-order valence-electron chi connectivity index (χ4n) is 2.16. The molecule has 2 heterocycles. The first-order valence-corrected chi connectivity index (χ1v) is 8.43. The van der Waals surface area contributed by atoms with E-state index in [-0.39, 0.29) is 6.04 Å². The minimum absolute atomic E-state index is 0.222. The van der Waals surface area contributed by atoms with Crippen LogP contribution in [0.5, 0.6) is 0 Å². The van der Waals surface area contributed by atoms with E-state index in [0.29, 0.717) is 11.7 Å². The Bertz CT molecular complexity index is 618. The molecule has 0 aliphatic rings. The molecule has 116 valence electrons. The number of nitrogen functional groups attached to an aromatic ring is 1. The lowest BCUT2D eigenvalue weighted by atomic mass is 10.3. The third-order valence-electron chi connectivity index (χ3n) is 3.24. The van der Waals surface area contributed by atoms with E-state index in [1.165, 1.54) is 0 Å². The first-order valence-electron chi connectivity index (χ1n) is 7.06. The number of hydrogen-bond donors (Lipinski definition) is 1. The van der Waals surface area contributed by atoms with Crippen LogP contribution in [0.2, 0.25) is 5.02 Å². The lowest BCUT2D eigenvalue weighted by Gasteiger charge is -2.11. The summed E-state index contributed by atoms with van der Waals surface area (Å²) in [5, 5.41) is 14.2. The molecule has 0 atom stereocenters. The molecule has 2 aromatic rings. The smallest absolute Gasteiger partial charge is 0.222 e. The average molecular weight is 329 g/mol. The summed E-state index contributed by atoms with van der Waals surface area (Å²) >= 11 is 8.00. The summed E-state index contributed by atoms with van der Waals surface area (Å²) in [6, 6.07) is 0.222. The fraction of sp³-hybridized carbons (Fsp3) is 0.615. The Labute approximate surface area is 134 Å². The molecular formula is C13H21ClN6S. The number of hydrogen-bond acceptors (Lipinski definition) is 5. The Hall–Kier alpha value is -1.21. The molecule has 0 aliphatic carbocycles. The van der Waals surface area contributed by atoms with Crippen molar-refractivity contribution in [1.29, 1.82) is 0 Å². The van der Waals surface area contributed by atoms with Crippen molar-refractivity contribution < 1.29 is 0 Å². The second kappa shape index (κ2) is 6.70. The lowest BCUT2D eigenvalue weighted by Crippen LogP contribution is -2.07. The van der Waals surface area contributed by atoms with Gasteiger partial charge in [-0.2, -0.15) is 5.10 Å². The van der Waals surface area contributed by atoms with Crippen LogP contribution in [-0.2, 0) is 18.7 Å². The fourth-order valence-corrected chi connectivity index (χ4v) is 3.68. The monoisotopic (exact) mass is 328 g/mol. The maximum atomic E-state index is 6.42. The van der Waals surface area contributed by atoms with Crippen LogP contribution >= 0.6 is 23.4 Å². The van der Waals surface area contributed by atoms with Crippen molar-refractivity contribution >= 4 is 29.3 Å². The predicted molar refractivity (Wildman–Crippen MR) is 86.7 cm³/mol. The van der Waals surface area contributed by atoms with Gasteiger partial charge in [0.15, 0.2) is 5.16 Å². The Morgan fingerprint density at radius 3 is 2.57 bits per heavy atom. The van der Waals surface area contributed by atoms with Gasteiger partial charge < -0.3 is 5.73 Å². The predicted octanol–water partition coefficient (Wildman–Crippen LogP) is 3.17. The third kappa shape index (κ3) is 3.18. The van der Waals surface area contributed by atoms with E-state index in [9.17, 15) is 0 Å². The highest BCUT2D eigenvalue weighted by atomic mass is 35.5. The number of anilines is 1. The van der Waals surface area contributed by atoms with Crippen molar-refractivity contribution in [3.8, 4) is 0 Å². The van der Waals surface area contributed by atoms with Crippen LogP contribution in [0, 0.1) is 0 Å². The summed E-state index contributed by atoms with van der Waals surface area (Å²) < 4.78 is 3.87. The van der Waals surface area contributed by atoms with Crippen molar-refractivity contribution in [3.63, 3.8) is 0 Å². The first kappa shape index (κ1) is 16.2. The molecule has 0 amide bonds. The maximum absolute atomic E-state index is 6.42. The molecule has 2 aromatic heterocycles. The normalized spacial score (nSPS) is 11.5. The number of halogens is 1. The maximum Gasteiger partial charge on any atom is 0.222 e. The molecule has 2 rings (SSSR count). The number of nitrogens with two attached hydrogens (primary N) is 1. The molecule has 8 heteroatoms. The van der Waals surface area contributed by atoms with E-state index < -0.39 is 0 Å². The van der Waals surface area contributed by atoms with Gasteiger partial charge in [-0.05, 0) is 27.2 Å². The molecule has 0 fully saturated rings. The minimum atomic E-state index is 0.222. The molecule has 0 saturated carbocycles. The standard InChI is InChI=1S/C13H21ClN6S/c1-5-9-11(14)10(19(6-2)18-9)7-21-13-17-16-12(15)20(13)8(3)4/h8H,5-7H2,1-4H3,(H2,15,16). The van der Waals surface area contributed by atoms with Gasteiger partial charge >= 0.3 is 0 Å². The molecule has 0 aliphatic heterocycles. The van der Waals surface area contributed by atoms with E-state index in [1.54, 1.807) is 11.8 Å². The molecule has 0 saturated heterocycles. The van der Waals surface area contributed by atoms with E-state index in [2.05, 4.69) is 43.0 Å². The second-order valence-corrected chi connectivity index (χ2v) is 6.29. The summed E-state index contributed by atoms with van der Waals surface area (Å²) in [5.41, 5.74) is 7.82. The Morgan fingerprint density at radius 1 is 1.29 bits per heavy atom. The number of aromatic nitrogens is 5. The van der Waals surface area contributed by atoms with E-state index in [4.69, 9.17) is 17.3 Å². The molecule has 0 bridgehead atoms. The molecule has 0 radical (unpaired) electrons.